The van der Waals surface area contributed by atoms with Crippen LogP contribution in [-0.2, 0) is 32.7 Å². The Morgan fingerprint density at radius 3 is 1.26 bits per heavy atom. The number of esters is 2. The molecule has 360 valence electrons. The number of phosphoric acid groups is 1. The highest BCUT2D eigenvalue weighted by atomic mass is 31.2. The van der Waals surface area contributed by atoms with Crippen molar-refractivity contribution in [2.75, 3.05) is 47.5 Å². The number of carbonyl (C=O) groups excluding carboxylic acids is 2. The van der Waals surface area contributed by atoms with Crippen LogP contribution in [0.3, 0.4) is 0 Å². The number of nitrogens with zero attached hydrogens (tertiary/aromatic N) is 1. The minimum atomic E-state index is -4.63. The summed E-state index contributed by atoms with van der Waals surface area (Å²) in [6.07, 6.45) is 49.4. The summed E-state index contributed by atoms with van der Waals surface area (Å²) in [5.41, 5.74) is 0. The van der Waals surface area contributed by atoms with Crippen molar-refractivity contribution in [3.05, 3.63) is 24.3 Å². The van der Waals surface area contributed by atoms with Crippen molar-refractivity contribution >= 4 is 19.8 Å². The van der Waals surface area contributed by atoms with Gasteiger partial charge in [0.05, 0.1) is 27.7 Å². The van der Waals surface area contributed by atoms with E-state index < -0.39 is 32.5 Å². The first-order valence-electron chi connectivity index (χ1n) is 25.5. The van der Waals surface area contributed by atoms with Crippen molar-refractivity contribution < 1.29 is 42.1 Å². The molecule has 0 aliphatic carbocycles. The summed E-state index contributed by atoms with van der Waals surface area (Å²) in [7, 11) is 1.15. The molecule has 0 radical (unpaired) electrons. The van der Waals surface area contributed by atoms with Crippen LogP contribution in [0.15, 0.2) is 24.3 Å². The lowest BCUT2D eigenvalue weighted by Gasteiger charge is -2.28. The van der Waals surface area contributed by atoms with Gasteiger partial charge in [-0.05, 0) is 57.8 Å². The van der Waals surface area contributed by atoms with Gasteiger partial charge < -0.3 is 27.9 Å². The zero-order valence-corrected chi connectivity index (χ0v) is 41.5. The predicted molar refractivity (Wildman–Crippen MR) is 254 cm³/mol. The number of phosphoric ester groups is 1. The molecule has 0 aromatic carbocycles. The lowest BCUT2D eigenvalue weighted by atomic mass is 10.0. The van der Waals surface area contributed by atoms with Crippen LogP contribution in [0, 0.1) is 0 Å². The van der Waals surface area contributed by atoms with Gasteiger partial charge in [-0.3, -0.25) is 14.2 Å². The molecule has 2 atom stereocenters. The molecule has 9 nitrogen and oxygen atoms in total. The molecule has 10 heteroatoms. The molecule has 0 spiro atoms. The molecule has 1 unspecified atom stereocenters. The second-order valence-electron chi connectivity index (χ2n) is 18.5. The molecule has 0 N–H and O–H groups in total. The Hall–Kier alpha value is -1.51. The van der Waals surface area contributed by atoms with E-state index in [9.17, 15) is 19.0 Å². The molecule has 0 aromatic rings. The lowest BCUT2D eigenvalue weighted by Crippen LogP contribution is -2.37. The van der Waals surface area contributed by atoms with E-state index in [4.69, 9.17) is 18.5 Å². The highest BCUT2D eigenvalue weighted by Gasteiger charge is 2.21. The molecule has 0 aliphatic heterocycles. The van der Waals surface area contributed by atoms with E-state index in [0.717, 1.165) is 44.9 Å². The highest BCUT2D eigenvalue weighted by molar-refractivity contribution is 7.45. The van der Waals surface area contributed by atoms with E-state index in [2.05, 4.69) is 38.2 Å². The van der Waals surface area contributed by atoms with Crippen LogP contribution in [0.5, 0.6) is 0 Å². The maximum absolute atomic E-state index is 12.7. The van der Waals surface area contributed by atoms with Crippen LogP contribution in [-0.4, -0.2) is 70.0 Å². The molecular weight excluding hydrogens is 786 g/mol. The number of allylic oxidation sites excluding steroid dienone is 4. The van der Waals surface area contributed by atoms with Crippen molar-refractivity contribution in [2.45, 2.75) is 245 Å². The molecule has 0 fully saturated rings. The number of carbonyl (C=O) groups is 2. The summed E-state index contributed by atoms with van der Waals surface area (Å²) in [5.74, 6) is -0.873. The minimum absolute atomic E-state index is 0.0346. The average molecular weight is 884 g/mol. The molecule has 61 heavy (non-hydrogen) atoms. The van der Waals surface area contributed by atoms with Crippen LogP contribution in [0.2, 0.25) is 0 Å². The van der Waals surface area contributed by atoms with E-state index in [1.165, 1.54) is 154 Å². The van der Waals surface area contributed by atoms with Gasteiger partial charge in [0, 0.05) is 12.8 Å². The number of rotatable bonds is 47. The van der Waals surface area contributed by atoms with Gasteiger partial charge in [-0.2, -0.15) is 0 Å². The quantitative estimate of drug-likeness (QED) is 0.0195. The Bertz CT molecular complexity index is 1090. The number of likely N-dealkylation sites (N-methyl/N-ethyl adjacent to an activating group) is 1. The molecule has 0 rings (SSSR count). The number of hydrogen-bond donors (Lipinski definition) is 0. The van der Waals surface area contributed by atoms with Gasteiger partial charge in [0.1, 0.15) is 19.8 Å². The first-order chi connectivity index (χ1) is 29.5. The Morgan fingerprint density at radius 1 is 0.492 bits per heavy atom. The van der Waals surface area contributed by atoms with Crippen LogP contribution in [0.1, 0.15) is 239 Å². The van der Waals surface area contributed by atoms with Gasteiger partial charge in [0.25, 0.3) is 7.82 Å². The van der Waals surface area contributed by atoms with Crippen molar-refractivity contribution in [2.24, 2.45) is 0 Å². The minimum Gasteiger partial charge on any atom is -0.756 e. The van der Waals surface area contributed by atoms with Crippen molar-refractivity contribution in [3.63, 3.8) is 0 Å². The first-order valence-corrected chi connectivity index (χ1v) is 27.0. The number of ether oxygens (including phenoxy) is 2. The molecule has 0 heterocycles. The normalized spacial score (nSPS) is 13.6. The first kappa shape index (κ1) is 59.5. The third-order valence-corrected chi connectivity index (χ3v) is 12.2. The van der Waals surface area contributed by atoms with Gasteiger partial charge >= 0.3 is 11.9 Å². The molecule has 0 aliphatic rings. The molecule has 0 bridgehead atoms. The smallest absolute Gasteiger partial charge is 0.306 e. The SMILES string of the molecule is CCCCCCC/C=C/CCCCCCCC(=O)O[C@@H](COC(=O)CCC/C=C/CCCCCCCCCCCCCCCCCCCC)COP(=O)([O-])OCC[N+](C)(C)C. The summed E-state index contributed by atoms with van der Waals surface area (Å²) in [5, 5.41) is 0. The fraction of sp³-hybridized carbons (Fsp3) is 0.882. The highest BCUT2D eigenvalue weighted by Crippen LogP contribution is 2.38. The van der Waals surface area contributed by atoms with Crippen LogP contribution in [0.25, 0.3) is 0 Å². The number of unbranched alkanes of at least 4 members (excludes halogenated alkanes) is 29. The fourth-order valence-electron chi connectivity index (χ4n) is 7.18. The number of quaternary nitrogens is 1. The third kappa shape index (κ3) is 47.8. The Labute approximate surface area is 377 Å². The molecule has 0 amide bonds. The maximum atomic E-state index is 12.7. The van der Waals surface area contributed by atoms with E-state index >= 15 is 0 Å². The molecule has 0 saturated carbocycles. The Balaban J connectivity index is 4.22. The summed E-state index contributed by atoms with van der Waals surface area (Å²) < 4.78 is 34.0. The summed E-state index contributed by atoms with van der Waals surface area (Å²) in [6, 6.07) is 0. The topological polar surface area (TPSA) is 111 Å². The van der Waals surface area contributed by atoms with Crippen molar-refractivity contribution in [1.29, 1.82) is 0 Å². The largest absolute Gasteiger partial charge is 0.756 e. The Kier molecular flexibility index (Phi) is 42.6. The summed E-state index contributed by atoms with van der Waals surface area (Å²) >= 11 is 0. The lowest BCUT2D eigenvalue weighted by molar-refractivity contribution is -0.870. The van der Waals surface area contributed by atoms with E-state index in [1.54, 1.807) is 0 Å². The van der Waals surface area contributed by atoms with Gasteiger partial charge in [-0.25, -0.2) is 0 Å². The molecule has 0 aromatic heterocycles. The van der Waals surface area contributed by atoms with E-state index in [1.807, 2.05) is 21.1 Å². The zero-order valence-electron chi connectivity index (χ0n) is 40.6. The zero-order chi connectivity index (χ0) is 45.0. The van der Waals surface area contributed by atoms with Gasteiger partial charge in [0.2, 0.25) is 0 Å². The van der Waals surface area contributed by atoms with Crippen LogP contribution < -0.4 is 4.89 Å². The van der Waals surface area contributed by atoms with Crippen LogP contribution >= 0.6 is 7.82 Å². The maximum Gasteiger partial charge on any atom is 0.306 e. The van der Waals surface area contributed by atoms with E-state index in [0.29, 0.717) is 23.9 Å². The number of hydrogen-bond acceptors (Lipinski definition) is 8. The van der Waals surface area contributed by atoms with Gasteiger partial charge in [-0.1, -0.05) is 192 Å². The van der Waals surface area contributed by atoms with Crippen LogP contribution in [0.4, 0.5) is 0 Å². The predicted octanol–water partition coefficient (Wildman–Crippen LogP) is 14.5. The fourth-order valence-corrected chi connectivity index (χ4v) is 7.91. The van der Waals surface area contributed by atoms with E-state index in [-0.39, 0.29) is 26.1 Å². The Morgan fingerprint density at radius 2 is 0.852 bits per heavy atom. The molecular formula is C51H98NO8P. The standard InChI is InChI=1S/C51H98NO8P/c1-6-8-10-12-14-16-18-20-22-23-24-25-26-27-28-29-30-32-33-35-37-39-41-43-50(53)57-47-49(48-59-61(55,56)58-46-45-52(3,4)5)60-51(54)44-42-40-38-36-34-31-21-19-17-15-13-11-9-7-2/h19,21,35,37,49H,6-18,20,22-34,36,38-48H2,1-5H3/b21-19+,37-35+/t49-/m0/s1. The summed E-state index contributed by atoms with van der Waals surface area (Å²) in [4.78, 5) is 37.6. The van der Waals surface area contributed by atoms with Crippen molar-refractivity contribution in [1.82, 2.24) is 0 Å². The monoisotopic (exact) mass is 884 g/mol. The van der Waals surface area contributed by atoms with Crippen molar-refractivity contribution in [3.8, 4) is 0 Å². The van der Waals surface area contributed by atoms with Gasteiger partial charge in [-0.15, -0.1) is 0 Å². The average Bonchev–Trinajstić information content (AvgIpc) is 3.21. The summed E-state index contributed by atoms with van der Waals surface area (Å²) in [6.45, 7) is 4.21. The second kappa shape index (κ2) is 43.7. The third-order valence-electron chi connectivity index (χ3n) is 11.2. The molecule has 0 saturated heterocycles. The van der Waals surface area contributed by atoms with Gasteiger partial charge in [0.15, 0.2) is 6.10 Å². The second-order valence-corrected chi connectivity index (χ2v) is 19.9.